The zero-order valence-corrected chi connectivity index (χ0v) is 14.3. The molecule has 0 bridgehead atoms. The van der Waals surface area contributed by atoms with Crippen LogP contribution in [-0.4, -0.2) is 32.3 Å². The van der Waals surface area contributed by atoms with E-state index >= 15 is 0 Å². The molecule has 7 nitrogen and oxygen atoms in total. The Kier molecular flexibility index (Phi) is 5.30. The van der Waals surface area contributed by atoms with E-state index in [9.17, 15) is 4.79 Å². The van der Waals surface area contributed by atoms with Gasteiger partial charge >= 0.3 is 0 Å². The summed E-state index contributed by atoms with van der Waals surface area (Å²) in [5, 5.41) is 11.6. The molecule has 1 aliphatic rings. The topological polar surface area (TPSA) is 81.9 Å². The van der Waals surface area contributed by atoms with Gasteiger partial charge in [0.1, 0.15) is 10.8 Å². The van der Waals surface area contributed by atoms with E-state index in [1.54, 1.807) is 6.07 Å². The smallest absolute Gasteiger partial charge is 0.253 e. The third kappa shape index (κ3) is 3.67. The van der Waals surface area contributed by atoms with Crippen LogP contribution in [0, 0.1) is 0 Å². The van der Waals surface area contributed by atoms with E-state index in [-0.39, 0.29) is 5.91 Å². The Bertz CT molecular complexity index is 731. The number of rotatable bonds is 5. The molecule has 0 atom stereocenters. The molecule has 1 aliphatic heterocycles. The van der Waals surface area contributed by atoms with Gasteiger partial charge in [-0.1, -0.05) is 18.0 Å². The standard InChI is InChI=1S/C16H20ClN5O2/c1-2-24-16-12(17)8-11(9-19-16)15(23)18-10-14-21-20-13-6-4-3-5-7-22(13)14/h8-9H,2-7,10H2,1H3,(H,18,23). The number of pyridine rings is 1. The van der Waals surface area contributed by atoms with Crippen LogP contribution >= 0.6 is 11.6 Å². The van der Waals surface area contributed by atoms with E-state index < -0.39 is 0 Å². The Balaban J connectivity index is 1.66. The van der Waals surface area contributed by atoms with Crippen LogP contribution < -0.4 is 10.1 Å². The number of nitrogens with one attached hydrogen (secondary N) is 1. The van der Waals surface area contributed by atoms with Crippen molar-refractivity contribution in [2.45, 2.75) is 45.7 Å². The molecule has 1 N–H and O–H groups in total. The van der Waals surface area contributed by atoms with Crippen LogP contribution in [0.1, 0.15) is 48.2 Å². The molecular weight excluding hydrogens is 330 g/mol. The van der Waals surface area contributed by atoms with Crippen molar-refractivity contribution in [3.05, 3.63) is 34.5 Å². The van der Waals surface area contributed by atoms with E-state index in [2.05, 4.69) is 25.1 Å². The van der Waals surface area contributed by atoms with Gasteiger partial charge in [-0.05, 0) is 25.8 Å². The molecule has 24 heavy (non-hydrogen) atoms. The molecule has 128 valence electrons. The highest BCUT2D eigenvalue weighted by atomic mass is 35.5. The van der Waals surface area contributed by atoms with Crippen LogP contribution in [0.3, 0.4) is 0 Å². The lowest BCUT2D eigenvalue weighted by Crippen LogP contribution is -2.25. The predicted molar refractivity (Wildman–Crippen MR) is 89.2 cm³/mol. The van der Waals surface area contributed by atoms with Gasteiger partial charge < -0.3 is 14.6 Å². The molecule has 0 spiro atoms. The van der Waals surface area contributed by atoms with E-state index in [1.165, 1.54) is 12.6 Å². The van der Waals surface area contributed by atoms with Crippen LogP contribution in [0.25, 0.3) is 0 Å². The minimum atomic E-state index is -0.251. The van der Waals surface area contributed by atoms with Crippen molar-refractivity contribution in [2.24, 2.45) is 0 Å². The quantitative estimate of drug-likeness (QED) is 0.896. The second-order valence-corrected chi connectivity index (χ2v) is 6.03. The number of aromatic nitrogens is 4. The molecule has 0 saturated carbocycles. The number of aryl methyl sites for hydroxylation is 1. The summed E-state index contributed by atoms with van der Waals surface area (Å²) in [7, 11) is 0. The van der Waals surface area contributed by atoms with Crippen LogP contribution in [0.2, 0.25) is 5.02 Å². The molecule has 2 aromatic rings. The summed E-state index contributed by atoms with van der Waals surface area (Å²) in [6.45, 7) is 3.55. The SMILES string of the molecule is CCOc1ncc(C(=O)NCc2nnc3n2CCCCC3)cc1Cl. The average Bonchev–Trinajstić information content (AvgIpc) is 2.81. The van der Waals surface area contributed by atoms with Crippen molar-refractivity contribution in [1.29, 1.82) is 0 Å². The Hall–Kier alpha value is -2.15. The molecule has 0 radical (unpaired) electrons. The van der Waals surface area contributed by atoms with Crippen LogP contribution in [-0.2, 0) is 19.5 Å². The van der Waals surface area contributed by atoms with E-state index in [0.29, 0.717) is 29.6 Å². The van der Waals surface area contributed by atoms with Gasteiger partial charge in [0.15, 0.2) is 5.82 Å². The van der Waals surface area contributed by atoms with Crippen LogP contribution in [0.15, 0.2) is 12.3 Å². The molecule has 3 rings (SSSR count). The first-order valence-electron chi connectivity index (χ1n) is 8.16. The maximum absolute atomic E-state index is 12.3. The third-order valence-corrected chi connectivity index (χ3v) is 4.21. The lowest BCUT2D eigenvalue weighted by molar-refractivity contribution is 0.0949. The monoisotopic (exact) mass is 349 g/mol. The summed E-state index contributed by atoms with van der Waals surface area (Å²) in [5.74, 6) is 1.87. The predicted octanol–water partition coefficient (Wildman–Crippen LogP) is 2.38. The Morgan fingerprint density at radius 1 is 1.38 bits per heavy atom. The van der Waals surface area contributed by atoms with Crippen molar-refractivity contribution in [1.82, 2.24) is 25.1 Å². The second-order valence-electron chi connectivity index (χ2n) is 5.62. The van der Waals surface area contributed by atoms with Gasteiger partial charge in [0.05, 0.1) is 18.7 Å². The summed E-state index contributed by atoms with van der Waals surface area (Å²) in [6, 6.07) is 1.55. The summed E-state index contributed by atoms with van der Waals surface area (Å²) >= 11 is 6.07. The Morgan fingerprint density at radius 2 is 2.25 bits per heavy atom. The number of hydrogen-bond donors (Lipinski definition) is 1. The zero-order valence-electron chi connectivity index (χ0n) is 13.6. The molecule has 0 aromatic carbocycles. The minimum Gasteiger partial charge on any atom is -0.477 e. The van der Waals surface area contributed by atoms with Crippen LogP contribution in [0.5, 0.6) is 5.88 Å². The number of amides is 1. The van der Waals surface area contributed by atoms with Gasteiger partial charge in [-0.25, -0.2) is 4.98 Å². The van der Waals surface area contributed by atoms with Gasteiger partial charge in [-0.15, -0.1) is 10.2 Å². The van der Waals surface area contributed by atoms with Crippen molar-refractivity contribution in [3.63, 3.8) is 0 Å². The largest absolute Gasteiger partial charge is 0.477 e. The normalized spacial score (nSPS) is 13.9. The van der Waals surface area contributed by atoms with Crippen LogP contribution in [0.4, 0.5) is 0 Å². The van der Waals surface area contributed by atoms with E-state index in [4.69, 9.17) is 16.3 Å². The molecule has 8 heteroatoms. The number of halogens is 1. The molecule has 0 saturated heterocycles. The fraction of sp³-hybridized carbons (Fsp3) is 0.500. The van der Waals surface area contributed by atoms with Gasteiger partial charge in [0, 0.05) is 19.2 Å². The Morgan fingerprint density at radius 3 is 3.04 bits per heavy atom. The molecule has 3 heterocycles. The zero-order chi connectivity index (χ0) is 16.9. The number of carbonyl (C=O) groups excluding carboxylic acids is 1. The molecule has 0 unspecified atom stereocenters. The van der Waals surface area contributed by atoms with Crippen molar-refractivity contribution < 1.29 is 9.53 Å². The molecule has 0 fully saturated rings. The average molecular weight is 350 g/mol. The highest BCUT2D eigenvalue weighted by Gasteiger charge is 2.16. The van der Waals surface area contributed by atoms with Crippen molar-refractivity contribution in [3.8, 4) is 5.88 Å². The van der Waals surface area contributed by atoms with Gasteiger partial charge in [0.25, 0.3) is 5.91 Å². The highest BCUT2D eigenvalue weighted by molar-refractivity contribution is 6.32. The molecular formula is C16H20ClN5O2. The molecule has 2 aromatic heterocycles. The van der Waals surface area contributed by atoms with Crippen molar-refractivity contribution >= 4 is 17.5 Å². The minimum absolute atomic E-state index is 0.251. The van der Waals surface area contributed by atoms with Gasteiger partial charge in [0.2, 0.25) is 5.88 Å². The van der Waals surface area contributed by atoms with Crippen molar-refractivity contribution in [2.75, 3.05) is 6.61 Å². The first-order valence-corrected chi connectivity index (χ1v) is 8.54. The first kappa shape index (κ1) is 16.7. The summed E-state index contributed by atoms with van der Waals surface area (Å²) in [5.41, 5.74) is 0.388. The number of ether oxygens (including phenoxy) is 1. The molecule has 1 amide bonds. The highest BCUT2D eigenvalue weighted by Crippen LogP contribution is 2.22. The van der Waals surface area contributed by atoms with Gasteiger partial charge in [-0.2, -0.15) is 0 Å². The number of nitrogens with zero attached hydrogens (tertiary/aromatic N) is 4. The summed E-state index contributed by atoms with van der Waals surface area (Å²) in [4.78, 5) is 16.4. The maximum atomic E-state index is 12.3. The number of carbonyl (C=O) groups is 1. The maximum Gasteiger partial charge on any atom is 0.253 e. The lowest BCUT2D eigenvalue weighted by Gasteiger charge is -2.09. The van der Waals surface area contributed by atoms with Gasteiger partial charge in [-0.3, -0.25) is 4.79 Å². The van der Waals surface area contributed by atoms with E-state index in [0.717, 1.165) is 37.5 Å². The summed E-state index contributed by atoms with van der Waals surface area (Å²) < 4.78 is 7.38. The second kappa shape index (κ2) is 7.61. The first-order chi connectivity index (χ1) is 11.7. The fourth-order valence-corrected chi connectivity index (χ4v) is 2.95. The number of hydrogen-bond acceptors (Lipinski definition) is 5. The fourth-order valence-electron chi connectivity index (χ4n) is 2.73. The summed E-state index contributed by atoms with van der Waals surface area (Å²) in [6.07, 6.45) is 5.85. The number of fused-ring (bicyclic) bond motifs is 1. The lowest BCUT2D eigenvalue weighted by atomic mass is 10.2. The Labute approximate surface area is 145 Å². The third-order valence-electron chi connectivity index (χ3n) is 3.94. The van der Waals surface area contributed by atoms with E-state index in [1.807, 2.05) is 6.92 Å². The molecule has 0 aliphatic carbocycles.